The lowest BCUT2D eigenvalue weighted by atomic mass is 9.88. The number of carbonyl (C=O) groups is 2. The molecule has 3 atom stereocenters. The van der Waals surface area contributed by atoms with E-state index >= 15 is 8.78 Å². The predicted octanol–water partition coefficient (Wildman–Crippen LogP) is 5.40. The maximum atomic E-state index is 15.1. The largest absolute Gasteiger partial charge is 0.497 e. The maximum absolute atomic E-state index is 15.1. The highest BCUT2D eigenvalue weighted by Crippen LogP contribution is 2.40. The number of hydrogen-bond acceptors (Lipinski definition) is 4. The van der Waals surface area contributed by atoms with E-state index < -0.39 is 65.2 Å². The molecule has 1 fully saturated rings. The third kappa shape index (κ3) is 5.79. The number of amides is 3. The standard InChI is InChI=1S/C28H24ClF5N4O3/c1-41-18-11-21(30)23(22(31)12-18)19-13-38(25-20(28(32,33)34)3-2-8-35-25)26(39)24(19)37-27(40)36-17-7-5-14-9-16(29)6-4-15(14)10-17/h2-4,6,8-9,11-12,17,19,24H,5,7,10,13H2,1H3,(H2,36,37,40)/t17?,19-,24-/m0/s1. The Labute approximate surface area is 236 Å². The molecule has 2 aliphatic rings. The van der Waals surface area contributed by atoms with Crippen LogP contribution in [0.1, 0.15) is 34.6 Å². The second-order valence-corrected chi connectivity index (χ2v) is 10.3. The Hall–Kier alpha value is -3.93. The van der Waals surface area contributed by atoms with Crippen molar-refractivity contribution in [2.75, 3.05) is 18.6 Å². The van der Waals surface area contributed by atoms with Crippen LogP contribution in [0.4, 0.5) is 32.6 Å². The summed E-state index contributed by atoms with van der Waals surface area (Å²) in [6.45, 7) is -0.568. The zero-order valence-corrected chi connectivity index (χ0v) is 22.3. The fourth-order valence-corrected chi connectivity index (χ4v) is 5.62. The van der Waals surface area contributed by atoms with E-state index in [4.69, 9.17) is 16.3 Å². The molecule has 3 amide bonds. The first kappa shape index (κ1) is 28.6. The van der Waals surface area contributed by atoms with E-state index in [-0.39, 0.29) is 11.8 Å². The Morgan fingerprint density at radius 2 is 1.83 bits per heavy atom. The normalized spacial score (nSPS) is 20.5. The molecule has 216 valence electrons. The van der Waals surface area contributed by atoms with Crippen LogP contribution in [0.5, 0.6) is 5.75 Å². The lowest BCUT2D eigenvalue weighted by Crippen LogP contribution is -2.51. The molecular formula is C28H24ClF5N4O3. The first-order valence-electron chi connectivity index (χ1n) is 12.7. The van der Waals surface area contributed by atoms with E-state index in [0.29, 0.717) is 29.2 Å². The van der Waals surface area contributed by atoms with Gasteiger partial charge in [0.15, 0.2) is 0 Å². The molecule has 13 heteroatoms. The SMILES string of the molecule is COc1cc(F)c([C@@H]2CN(c3ncccc3C(F)(F)F)C(=O)[C@H]2NC(=O)NC2CCc3cc(Cl)ccc3C2)c(F)c1. The van der Waals surface area contributed by atoms with Gasteiger partial charge in [0.2, 0.25) is 0 Å². The molecule has 2 aromatic carbocycles. The van der Waals surface area contributed by atoms with E-state index in [9.17, 15) is 22.8 Å². The van der Waals surface area contributed by atoms with E-state index in [1.54, 1.807) is 6.07 Å². The first-order valence-corrected chi connectivity index (χ1v) is 13.0. The molecule has 0 radical (unpaired) electrons. The van der Waals surface area contributed by atoms with Crippen LogP contribution in [0.15, 0.2) is 48.7 Å². The minimum atomic E-state index is -4.86. The second-order valence-electron chi connectivity index (χ2n) is 9.88. The summed E-state index contributed by atoms with van der Waals surface area (Å²) < 4.78 is 76.4. The number of nitrogens with one attached hydrogen (secondary N) is 2. The lowest BCUT2D eigenvalue weighted by molar-refractivity contribution is -0.137. The molecule has 7 nitrogen and oxygen atoms in total. The predicted molar refractivity (Wildman–Crippen MR) is 140 cm³/mol. The monoisotopic (exact) mass is 594 g/mol. The maximum Gasteiger partial charge on any atom is 0.419 e. The Kier molecular flexibility index (Phi) is 7.78. The van der Waals surface area contributed by atoms with Crippen LogP contribution >= 0.6 is 11.6 Å². The van der Waals surface area contributed by atoms with Crippen molar-refractivity contribution >= 4 is 29.4 Å². The number of fused-ring (bicyclic) bond motifs is 1. The first-order chi connectivity index (χ1) is 19.5. The van der Waals surface area contributed by atoms with Gasteiger partial charge in [0, 0.05) is 47.4 Å². The van der Waals surface area contributed by atoms with Crippen LogP contribution in [0, 0.1) is 11.6 Å². The zero-order chi connectivity index (χ0) is 29.5. The molecular weight excluding hydrogens is 571 g/mol. The summed E-state index contributed by atoms with van der Waals surface area (Å²) >= 11 is 6.06. The van der Waals surface area contributed by atoms with Crippen molar-refractivity contribution in [2.45, 2.75) is 43.4 Å². The summed E-state index contributed by atoms with van der Waals surface area (Å²) in [6, 6.07) is 6.35. The molecule has 1 aliphatic carbocycles. The van der Waals surface area contributed by atoms with Crippen LogP contribution in [0.2, 0.25) is 5.02 Å². The van der Waals surface area contributed by atoms with Crippen LogP contribution in [-0.4, -0.2) is 42.7 Å². The fourth-order valence-electron chi connectivity index (χ4n) is 5.42. The lowest BCUT2D eigenvalue weighted by Gasteiger charge is -2.27. The Morgan fingerprint density at radius 3 is 2.51 bits per heavy atom. The molecule has 2 N–H and O–H groups in total. The topological polar surface area (TPSA) is 83.6 Å². The highest BCUT2D eigenvalue weighted by atomic mass is 35.5. The molecule has 3 aromatic rings. The smallest absolute Gasteiger partial charge is 0.419 e. The number of methoxy groups -OCH3 is 1. The van der Waals surface area contributed by atoms with Crippen LogP contribution in [-0.2, 0) is 23.8 Å². The number of hydrogen-bond donors (Lipinski definition) is 2. The number of ether oxygens (including phenoxy) is 1. The zero-order valence-electron chi connectivity index (χ0n) is 21.6. The van der Waals surface area contributed by atoms with Crippen molar-refractivity contribution in [3.8, 4) is 5.75 Å². The number of carbonyl (C=O) groups excluding carboxylic acids is 2. The average molecular weight is 595 g/mol. The Balaban J connectivity index is 1.44. The second kappa shape index (κ2) is 11.2. The quantitative estimate of drug-likeness (QED) is 0.388. The average Bonchev–Trinajstić information content (AvgIpc) is 3.22. The number of urea groups is 1. The number of aryl methyl sites for hydroxylation is 1. The molecule has 5 rings (SSSR count). The van der Waals surface area contributed by atoms with Gasteiger partial charge < -0.3 is 15.4 Å². The van der Waals surface area contributed by atoms with Crippen molar-refractivity contribution in [1.82, 2.24) is 15.6 Å². The van der Waals surface area contributed by atoms with Crippen molar-refractivity contribution < 1.29 is 36.3 Å². The van der Waals surface area contributed by atoms with Crippen LogP contribution < -0.4 is 20.3 Å². The van der Waals surface area contributed by atoms with E-state index in [1.165, 1.54) is 7.11 Å². The molecule has 1 aliphatic heterocycles. The summed E-state index contributed by atoms with van der Waals surface area (Å²) in [6.07, 6.45) is -2.09. The van der Waals surface area contributed by atoms with Gasteiger partial charge >= 0.3 is 12.2 Å². The number of aromatic nitrogens is 1. The van der Waals surface area contributed by atoms with Gasteiger partial charge in [-0.15, -0.1) is 0 Å². The minimum absolute atomic E-state index is 0.130. The highest BCUT2D eigenvalue weighted by Gasteiger charge is 2.48. The van der Waals surface area contributed by atoms with Gasteiger partial charge in [0.05, 0.1) is 12.7 Å². The van der Waals surface area contributed by atoms with Crippen molar-refractivity contribution in [2.24, 2.45) is 0 Å². The summed E-state index contributed by atoms with van der Waals surface area (Å²) in [4.78, 5) is 31.1. The molecule has 0 bridgehead atoms. The minimum Gasteiger partial charge on any atom is -0.497 e. The van der Waals surface area contributed by atoms with Crippen molar-refractivity contribution in [3.05, 3.63) is 87.6 Å². The van der Waals surface area contributed by atoms with Gasteiger partial charge in [-0.1, -0.05) is 17.7 Å². The molecule has 0 spiro atoms. The molecule has 0 saturated carbocycles. The van der Waals surface area contributed by atoms with Crippen molar-refractivity contribution in [3.63, 3.8) is 0 Å². The van der Waals surface area contributed by atoms with E-state index in [1.807, 2.05) is 12.1 Å². The number of alkyl halides is 3. The molecule has 1 aromatic heterocycles. The number of pyridine rings is 1. The van der Waals surface area contributed by atoms with Crippen LogP contribution in [0.3, 0.4) is 0 Å². The molecule has 1 saturated heterocycles. The fraction of sp³-hybridized carbons (Fsp3) is 0.321. The van der Waals surface area contributed by atoms with Gasteiger partial charge in [0.25, 0.3) is 5.91 Å². The Morgan fingerprint density at radius 1 is 1.10 bits per heavy atom. The number of anilines is 1. The number of nitrogens with zero attached hydrogens (tertiary/aromatic N) is 2. The van der Waals surface area contributed by atoms with Gasteiger partial charge in [0.1, 0.15) is 29.2 Å². The van der Waals surface area contributed by atoms with Gasteiger partial charge in [-0.3, -0.25) is 9.69 Å². The summed E-state index contributed by atoms with van der Waals surface area (Å²) in [5.41, 5.74) is 0.275. The van der Waals surface area contributed by atoms with Crippen molar-refractivity contribution in [1.29, 1.82) is 0 Å². The summed E-state index contributed by atoms with van der Waals surface area (Å²) in [5.74, 6) is -5.38. The number of rotatable bonds is 5. The number of benzene rings is 2. The van der Waals surface area contributed by atoms with Gasteiger partial charge in [-0.05, 0) is 54.7 Å². The third-order valence-corrected chi connectivity index (χ3v) is 7.57. The van der Waals surface area contributed by atoms with Gasteiger partial charge in [-0.2, -0.15) is 13.2 Å². The van der Waals surface area contributed by atoms with E-state index in [0.717, 1.165) is 41.6 Å². The molecule has 41 heavy (non-hydrogen) atoms. The summed E-state index contributed by atoms with van der Waals surface area (Å²) in [5, 5.41) is 5.84. The van der Waals surface area contributed by atoms with Gasteiger partial charge in [-0.25, -0.2) is 18.6 Å². The van der Waals surface area contributed by atoms with E-state index in [2.05, 4.69) is 15.6 Å². The summed E-state index contributed by atoms with van der Waals surface area (Å²) in [7, 11) is 1.21. The third-order valence-electron chi connectivity index (χ3n) is 7.34. The number of halogens is 6. The Bertz CT molecular complexity index is 1480. The molecule has 1 unspecified atom stereocenters. The highest BCUT2D eigenvalue weighted by molar-refractivity contribution is 6.30. The molecule has 2 heterocycles. The van der Waals surface area contributed by atoms with Crippen LogP contribution in [0.25, 0.3) is 0 Å².